The lowest BCUT2D eigenvalue weighted by Gasteiger charge is -2.10. The molecule has 1 nitrogen and oxygen atoms in total. The SMILES string of the molecule is Cc1ccccc1-c1ccc(-c2ccccc2)c2oc3ccccc3c12. The van der Waals surface area contributed by atoms with Crippen molar-refractivity contribution in [1.29, 1.82) is 0 Å². The molecule has 0 bridgehead atoms. The first-order chi connectivity index (χ1) is 12.8. The number of furan rings is 1. The topological polar surface area (TPSA) is 13.1 Å². The predicted octanol–water partition coefficient (Wildman–Crippen LogP) is 7.23. The average Bonchev–Trinajstić information content (AvgIpc) is 3.08. The highest BCUT2D eigenvalue weighted by Gasteiger charge is 2.17. The van der Waals surface area contributed by atoms with Crippen LogP contribution in [-0.4, -0.2) is 0 Å². The van der Waals surface area contributed by atoms with E-state index in [-0.39, 0.29) is 0 Å². The highest BCUT2D eigenvalue weighted by Crippen LogP contribution is 2.42. The van der Waals surface area contributed by atoms with Gasteiger partial charge in [0, 0.05) is 16.3 Å². The molecule has 1 aromatic heterocycles. The van der Waals surface area contributed by atoms with E-state index in [9.17, 15) is 0 Å². The van der Waals surface area contributed by atoms with E-state index >= 15 is 0 Å². The first-order valence-corrected chi connectivity index (χ1v) is 8.88. The number of aryl methyl sites for hydroxylation is 1. The summed E-state index contributed by atoms with van der Waals surface area (Å²) in [6.07, 6.45) is 0. The summed E-state index contributed by atoms with van der Waals surface area (Å²) in [5, 5.41) is 2.36. The Kier molecular flexibility index (Phi) is 3.39. The summed E-state index contributed by atoms with van der Waals surface area (Å²) >= 11 is 0. The van der Waals surface area contributed by atoms with Crippen molar-refractivity contribution in [1.82, 2.24) is 0 Å². The fraction of sp³-hybridized carbons (Fsp3) is 0.0400. The van der Waals surface area contributed by atoms with Gasteiger partial charge in [-0.15, -0.1) is 0 Å². The molecule has 0 atom stereocenters. The van der Waals surface area contributed by atoms with Crippen molar-refractivity contribution < 1.29 is 4.42 Å². The minimum atomic E-state index is 0.931. The summed E-state index contributed by atoms with van der Waals surface area (Å²) in [7, 11) is 0. The zero-order valence-electron chi connectivity index (χ0n) is 14.6. The van der Waals surface area contributed by atoms with Crippen molar-refractivity contribution in [3.63, 3.8) is 0 Å². The summed E-state index contributed by atoms with van der Waals surface area (Å²) in [5.41, 5.74) is 7.94. The van der Waals surface area contributed by atoms with Crippen molar-refractivity contribution in [3.8, 4) is 22.3 Å². The molecule has 5 aromatic rings. The minimum absolute atomic E-state index is 0.931. The molecule has 0 aliphatic rings. The molecule has 0 unspecified atom stereocenters. The molecule has 0 fully saturated rings. The van der Waals surface area contributed by atoms with E-state index in [1.165, 1.54) is 33.0 Å². The monoisotopic (exact) mass is 334 g/mol. The molecule has 0 saturated carbocycles. The molecule has 1 heteroatoms. The zero-order valence-corrected chi connectivity index (χ0v) is 14.6. The second-order valence-electron chi connectivity index (χ2n) is 6.64. The smallest absolute Gasteiger partial charge is 0.143 e. The number of para-hydroxylation sites is 1. The van der Waals surface area contributed by atoms with Gasteiger partial charge in [0.05, 0.1) is 0 Å². The van der Waals surface area contributed by atoms with Gasteiger partial charge in [-0.2, -0.15) is 0 Å². The van der Waals surface area contributed by atoms with Gasteiger partial charge in [-0.05, 0) is 41.3 Å². The van der Waals surface area contributed by atoms with E-state index < -0.39 is 0 Å². The van der Waals surface area contributed by atoms with E-state index in [4.69, 9.17) is 4.42 Å². The molecule has 5 rings (SSSR count). The van der Waals surface area contributed by atoms with Gasteiger partial charge in [0.15, 0.2) is 0 Å². The largest absolute Gasteiger partial charge is 0.455 e. The van der Waals surface area contributed by atoms with Gasteiger partial charge >= 0.3 is 0 Å². The van der Waals surface area contributed by atoms with Crippen molar-refractivity contribution in [2.45, 2.75) is 6.92 Å². The molecule has 26 heavy (non-hydrogen) atoms. The van der Waals surface area contributed by atoms with Crippen LogP contribution < -0.4 is 0 Å². The van der Waals surface area contributed by atoms with Crippen LogP contribution in [0.25, 0.3) is 44.2 Å². The van der Waals surface area contributed by atoms with Crippen LogP contribution in [0.5, 0.6) is 0 Å². The molecule has 0 aliphatic carbocycles. The number of fused-ring (bicyclic) bond motifs is 3. The van der Waals surface area contributed by atoms with Crippen LogP contribution in [0, 0.1) is 6.92 Å². The van der Waals surface area contributed by atoms with Crippen LogP contribution >= 0.6 is 0 Å². The first-order valence-electron chi connectivity index (χ1n) is 8.88. The summed E-state index contributed by atoms with van der Waals surface area (Å²) in [6, 6.07) is 31.7. The quantitative estimate of drug-likeness (QED) is 0.332. The van der Waals surface area contributed by atoms with Crippen LogP contribution in [0.2, 0.25) is 0 Å². The van der Waals surface area contributed by atoms with Crippen LogP contribution in [0.3, 0.4) is 0 Å². The Morgan fingerprint density at radius 2 is 1.27 bits per heavy atom. The maximum atomic E-state index is 6.34. The number of rotatable bonds is 2. The lowest BCUT2D eigenvalue weighted by atomic mass is 9.93. The normalized spacial score (nSPS) is 11.3. The standard InChI is InChI=1S/C25H18O/c1-17-9-5-6-12-19(17)21-16-15-20(18-10-3-2-4-11-18)25-24(21)22-13-7-8-14-23(22)26-25/h2-16H,1H3. The lowest BCUT2D eigenvalue weighted by Crippen LogP contribution is -1.86. The summed E-state index contributed by atoms with van der Waals surface area (Å²) in [5.74, 6) is 0. The van der Waals surface area contributed by atoms with E-state index in [1.807, 2.05) is 18.2 Å². The van der Waals surface area contributed by atoms with Crippen LogP contribution in [0.1, 0.15) is 5.56 Å². The fourth-order valence-electron chi connectivity index (χ4n) is 3.77. The third-order valence-electron chi connectivity index (χ3n) is 5.05. The van der Waals surface area contributed by atoms with Crippen molar-refractivity contribution >= 4 is 21.9 Å². The van der Waals surface area contributed by atoms with Crippen molar-refractivity contribution in [3.05, 3.63) is 96.6 Å². The molecule has 124 valence electrons. The van der Waals surface area contributed by atoms with Gasteiger partial charge in [0.1, 0.15) is 11.2 Å². The Bertz CT molecular complexity index is 1230. The Morgan fingerprint density at radius 1 is 0.577 bits per heavy atom. The Labute approximate surface area is 152 Å². The minimum Gasteiger partial charge on any atom is -0.455 e. The van der Waals surface area contributed by atoms with Gasteiger partial charge in [-0.3, -0.25) is 0 Å². The predicted molar refractivity (Wildman–Crippen MR) is 109 cm³/mol. The van der Waals surface area contributed by atoms with Crippen LogP contribution in [-0.2, 0) is 0 Å². The highest BCUT2D eigenvalue weighted by atomic mass is 16.3. The Balaban J connectivity index is 1.93. The molecule has 0 radical (unpaired) electrons. The molecule has 4 aromatic carbocycles. The van der Waals surface area contributed by atoms with E-state index in [2.05, 4.69) is 79.7 Å². The van der Waals surface area contributed by atoms with E-state index in [0.29, 0.717) is 0 Å². The summed E-state index contributed by atoms with van der Waals surface area (Å²) in [6.45, 7) is 2.16. The highest BCUT2D eigenvalue weighted by molar-refractivity contribution is 6.16. The summed E-state index contributed by atoms with van der Waals surface area (Å²) in [4.78, 5) is 0. The molecule has 0 N–H and O–H groups in total. The van der Waals surface area contributed by atoms with Gasteiger partial charge in [-0.1, -0.05) is 78.9 Å². The van der Waals surface area contributed by atoms with Crippen LogP contribution in [0.15, 0.2) is 95.4 Å². The average molecular weight is 334 g/mol. The third kappa shape index (κ3) is 2.25. The van der Waals surface area contributed by atoms with E-state index in [0.717, 1.165) is 16.7 Å². The zero-order chi connectivity index (χ0) is 17.5. The van der Waals surface area contributed by atoms with Crippen molar-refractivity contribution in [2.75, 3.05) is 0 Å². The molecule has 0 amide bonds. The molecular formula is C25H18O. The second-order valence-corrected chi connectivity index (χ2v) is 6.64. The van der Waals surface area contributed by atoms with Crippen molar-refractivity contribution in [2.24, 2.45) is 0 Å². The molecule has 0 aliphatic heterocycles. The molecule has 0 spiro atoms. The molecule has 1 heterocycles. The van der Waals surface area contributed by atoms with Gasteiger partial charge in [-0.25, -0.2) is 0 Å². The third-order valence-corrected chi connectivity index (χ3v) is 5.05. The second kappa shape index (κ2) is 5.89. The molecule has 0 saturated heterocycles. The van der Waals surface area contributed by atoms with E-state index in [1.54, 1.807) is 0 Å². The number of hydrogen-bond acceptors (Lipinski definition) is 1. The molecular weight excluding hydrogens is 316 g/mol. The Morgan fingerprint density at radius 3 is 2.12 bits per heavy atom. The maximum Gasteiger partial charge on any atom is 0.143 e. The maximum absolute atomic E-state index is 6.34. The Hall–Kier alpha value is -3.32. The van der Waals surface area contributed by atoms with Gasteiger partial charge < -0.3 is 4.42 Å². The number of hydrogen-bond donors (Lipinski definition) is 0. The fourth-order valence-corrected chi connectivity index (χ4v) is 3.77. The van der Waals surface area contributed by atoms with Gasteiger partial charge in [0.25, 0.3) is 0 Å². The first kappa shape index (κ1) is 15.0. The van der Waals surface area contributed by atoms with Gasteiger partial charge in [0.2, 0.25) is 0 Å². The number of benzene rings is 4. The lowest BCUT2D eigenvalue weighted by molar-refractivity contribution is 0.670. The van der Waals surface area contributed by atoms with Crippen LogP contribution in [0.4, 0.5) is 0 Å². The summed E-state index contributed by atoms with van der Waals surface area (Å²) < 4.78 is 6.34.